The number of carboxylic acids is 1. The fourth-order valence-corrected chi connectivity index (χ4v) is 2.63. The maximum Gasteiger partial charge on any atom is 0.325 e. The number of rotatable bonds is 5. The fraction of sp³-hybridized carbons (Fsp3) is 0.909. The minimum atomic E-state index is -0.690. The lowest BCUT2D eigenvalue weighted by Gasteiger charge is -2.33. The van der Waals surface area contributed by atoms with Gasteiger partial charge < -0.3 is 15.3 Å². The summed E-state index contributed by atoms with van der Waals surface area (Å²) in [5.41, 5.74) is -0.690. The molecule has 0 radical (unpaired) electrons. The summed E-state index contributed by atoms with van der Waals surface area (Å²) in [4.78, 5) is 13.7. The molecule has 86 valence electrons. The third-order valence-corrected chi connectivity index (χ3v) is 3.77. The molecule has 1 aliphatic heterocycles. The molecule has 0 aromatic carbocycles. The van der Waals surface area contributed by atoms with E-state index in [1.165, 1.54) is 12.8 Å². The highest BCUT2D eigenvalue weighted by atomic mass is 16.4. The molecule has 15 heavy (non-hydrogen) atoms. The van der Waals surface area contributed by atoms with E-state index in [4.69, 9.17) is 0 Å². The Bertz CT molecular complexity index is 247. The molecule has 0 amide bonds. The van der Waals surface area contributed by atoms with Crippen molar-refractivity contribution in [3.05, 3.63) is 0 Å². The molecule has 1 heterocycles. The summed E-state index contributed by atoms with van der Waals surface area (Å²) in [6, 6.07) is 0. The van der Waals surface area contributed by atoms with Gasteiger partial charge in [0, 0.05) is 6.54 Å². The molecule has 0 aromatic heterocycles. The summed E-state index contributed by atoms with van der Waals surface area (Å²) < 4.78 is 0. The summed E-state index contributed by atoms with van der Waals surface area (Å²) >= 11 is 0. The Morgan fingerprint density at radius 1 is 1.47 bits per heavy atom. The van der Waals surface area contributed by atoms with E-state index in [1.807, 2.05) is 0 Å². The van der Waals surface area contributed by atoms with Gasteiger partial charge in [0.05, 0.1) is 0 Å². The molecular formula is C11H20N2O2. The van der Waals surface area contributed by atoms with Gasteiger partial charge in [-0.2, -0.15) is 0 Å². The Kier molecular flexibility index (Phi) is 2.98. The average molecular weight is 212 g/mol. The molecule has 1 atom stereocenters. The highest BCUT2D eigenvalue weighted by molar-refractivity contribution is 5.80. The number of hydrogen-bond acceptors (Lipinski definition) is 3. The molecule has 1 saturated carbocycles. The van der Waals surface area contributed by atoms with Crippen LogP contribution in [0.15, 0.2) is 0 Å². The largest absolute Gasteiger partial charge is 0.480 e. The standard InChI is InChI=1S/C11H20N2O2/c1-12-11(10(14)15,9-4-5-9)8-13-6-2-3-7-13/h9,12H,2-8H2,1H3,(H,14,15). The third-order valence-electron chi connectivity index (χ3n) is 3.77. The highest BCUT2D eigenvalue weighted by Crippen LogP contribution is 2.40. The number of nitrogens with one attached hydrogen (secondary N) is 1. The van der Waals surface area contributed by atoms with Gasteiger partial charge in [-0.05, 0) is 51.7 Å². The van der Waals surface area contributed by atoms with Gasteiger partial charge in [-0.25, -0.2) is 0 Å². The van der Waals surface area contributed by atoms with E-state index in [-0.39, 0.29) is 0 Å². The first-order chi connectivity index (χ1) is 7.19. The summed E-state index contributed by atoms with van der Waals surface area (Å²) in [5.74, 6) is -0.347. The smallest absolute Gasteiger partial charge is 0.325 e. The van der Waals surface area contributed by atoms with Gasteiger partial charge in [-0.15, -0.1) is 0 Å². The van der Waals surface area contributed by atoms with E-state index in [9.17, 15) is 9.90 Å². The van der Waals surface area contributed by atoms with Crippen LogP contribution >= 0.6 is 0 Å². The van der Waals surface area contributed by atoms with Gasteiger partial charge in [0.1, 0.15) is 5.54 Å². The quantitative estimate of drug-likeness (QED) is 0.698. The van der Waals surface area contributed by atoms with Crippen LogP contribution in [-0.4, -0.2) is 48.2 Å². The number of likely N-dealkylation sites (tertiary alicyclic amines) is 1. The molecule has 4 heteroatoms. The molecule has 2 aliphatic rings. The summed E-state index contributed by atoms with van der Waals surface area (Å²) in [5, 5.41) is 12.5. The maximum absolute atomic E-state index is 11.4. The Hall–Kier alpha value is -0.610. The summed E-state index contributed by atoms with van der Waals surface area (Å²) in [6.07, 6.45) is 4.54. The highest BCUT2D eigenvalue weighted by Gasteiger charge is 2.51. The predicted molar refractivity (Wildman–Crippen MR) is 57.8 cm³/mol. The summed E-state index contributed by atoms with van der Waals surface area (Å²) in [7, 11) is 1.78. The molecular weight excluding hydrogens is 192 g/mol. The molecule has 2 N–H and O–H groups in total. The van der Waals surface area contributed by atoms with Crippen molar-refractivity contribution in [3.8, 4) is 0 Å². The van der Waals surface area contributed by atoms with Gasteiger partial charge in [0.15, 0.2) is 0 Å². The average Bonchev–Trinajstić information content (AvgIpc) is 2.94. The Balaban J connectivity index is 2.06. The molecule has 0 spiro atoms. The molecule has 0 aromatic rings. The van der Waals surface area contributed by atoms with Crippen LogP contribution in [0.25, 0.3) is 0 Å². The molecule has 1 unspecified atom stereocenters. The van der Waals surface area contributed by atoms with Gasteiger partial charge in [0.2, 0.25) is 0 Å². The number of carboxylic acid groups (broad SMARTS) is 1. The van der Waals surface area contributed by atoms with Gasteiger partial charge >= 0.3 is 5.97 Å². The van der Waals surface area contributed by atoms with E-state index >= 15 is 0 Å². The Labute approximate surface area is 90.6 Å². The first-order valence-corrected chi connectivity index (χ1v) is 5.84. The van der Waals surface area contributed by atoms with Gasteiger partial charge in [-0.1, -0.05) is 0 Å². The first kappa shape index (κ1) is 10.9. The van der Waals surface area contributed by atoms with E-state index < -0.39 is 11.5 Å². The monoisotopic (exact) mass is 212 g/mol. The summed E-state index contributed by atoms with van der Waals surface area (Å²) in [6.45, 7) is 2.79. The molecule has 1 saturated heterocycles. The van der Waals surface area contributed by atoms with Crippen molar-refractivity contribution in [3.63, 3.8) is 0 Å². The van der Waals surface area contributed by atoms with Crippen LogP contribution in [0.5, 0.6) is 0 Å². The van der Waals surface area contributed by atoms with E-state index in [2.05, 4.69) is 10.2 Å². The number of hydrogen-bond donors (Lipinski definition) is 2. The van der Waals surface area contributed by atoms with Crippen molar-refractivity contribution >= 4 is 5.97 Å². The van der Waals surface area contributed by atoms with Crippen LogP contribution in [0.4, 0.5) is 0 Å². The van der Waals surface area contributed by atoms with Crippen LogP contribution in [-0.2, 0) is 4.79 Å². The van der Waals surface area contributed by atoms with E-state index in [1.54, 1.807) is 7.05 Å². The van der Waals surface area contributed by atoms with E-state index in [0.29, 0.717) is 12.5 Å². The SMILES string of the molecule is CNC(CN1CCCC1)(C(=O)O)C1CC1. The lowest BCUT2D eigenvalue weighted by molar-refractivity contribution is -0.146. The van der Waals surface area contributed by atoms with Crippen molar-refractivity contribution in [2.24, 2.45) is 5.92 Å². The molecule has 1 aliphatic carbocycles. The molecule has 0 bridgehead atoms. The van der Waals surface area contributed by atoms with Crippen LogP contribution < -0.4 is 5.32 Å². The second-order valence-corrected chi connectivity index (χ2v) is 4.78. The van der Waals surface area contributed by atoms with E-state index in [0.717, 1.165) is 25.9 Å². The lowest BCUT2D eigenvalue weighted by Crippen LogP contribution is -2.59. The van der Waals surface area contributed by atoms with Crippen molar-refractivity contribution < 1.29 is 9.90 Å². The Morgan fingerprint density at radius 3 is 2.47 bits per heavy atom. The second-order valence-electron chi connectivity index (χ2n) is 4.78. The minimum Gasteiger partial charge on any atom is -0.480 e. The Morgan fingerprint density at radius 2 is 2.07 bits per heavy atom. The van der Waals surface area contributed by atoms with Gasteiger partial charge in [0.25, 0.3) is 0 Å². The topological polar surface area (TPSA) is 52.6 Å². The van der Waals surface area contributed by atoms with Crippen molar-refractivity contribution in [2.45, 2.75) is 31.2 Å². The minimum absolute atomic E-state index is 0.334. The zero-order valence-electron chi connectivity index (χ0n) is 9.33. The zero-order chi connectivity index (χ0) is 10.9. The van der Waals surface area contributed by atoms with Crippen molar-refractivity contribution in [1.29, 1.82) is 0 Å². The maximum atomic E-state index is 11.4. The second kappa shape index (κ2) is 4.10. The van der Waals surface area contributed by atoms with Crippen molar-refractivity contribution in [1.82, 2.24) is 10.2 Å². The normalized spacial score (nSPS) is 26.5. The first-order valence-electron chi connectivity index (χ1n) is 5.84. The molecule has 4 nitrogen and oxygen atoms in total. The predicted octanol–water partition coefficient (Wildman–Crippen LogP) is 0.535. The number of aliphatic carboxylic acids is 1. The van der Waals surface area contributed by atoms with Crippen LogP contribution in [0.3, 0.4) is 0 Å². The van der Waals surface area contributed by atoms with Crippen molar-refractivity contribution in [2.75, 3.05) is 26.7 Å². The molecule has 2 rings (SSSR count). The molecule has 2 fully saturated rings. The van der Waals surface area contributed by atoms with Gasteiger partial charge in [-0.3, -0.25) is 4.79 Å². The number of carbonyl (C=O) groups is 1. The van der Waals surface area contributed by atoms with Crippen LogP contribution in [0.2, 0.25) is 0 Å². The zero-order valence-corrected chi connectivity index (χ0v) is 9.33. The number of likely N-dealkylation sites (N-methyl/N-ethyl adjacent to an activating group) is 1. The lowest BCUT2D eigenvalue weighted by atomic mass is 9.92. The van der Waals surface area contributed by atoms with Crippen LogP contribution in [0.1, 0.15) is 25.7 Å². The number of nitrogens with zero attached hydrogens (tertiary/aromatic N) is 1. The van der Waals surface area contributed by atoms with Crippen LogP contribution in [0, 0.1) is 5.92 Å². The fourth-order valence-electron chi connectivity index (χ4n) is 2.63. The third kappa shape index (κ3) is 2.01.